The van der Waals surface area contributed by atoms with Gasteiger partial charge < -0.3 is 15.8 Å². The number of amides is 1. The van der Waals surface area contributed by atoms with Gasteiger partial charge >= 0.3 is 0 Å². The molecule has 4 nitrogen and oxygen atoms in total. The molecule has 0 saturated heterocycles. The standard InChI is InChI=1S/C14H18N2O2/c15-12-3-1-2-11(12)14(17)16-10-4-5-13-9(8-10)6-7-18-13/h4-5,8,11-12H,1-3,6-7,15H2,(H,16,17). The van der Waals surface area contributed by atoms with Crippen LogP contribution in [0.5, 0.6) is 5.75 Å². The van der Waals surface area contributed by atoms with Crippen molar-refractivity contribution in [3.63, 3.8) is 0 Å². The molecule has 1 fully saturated rings. The van der Waals surface area contributed by atoms with Crippen LogP contribution in [0.15, 0.2) is 18.2 Å². The van der Waals surface area contributed by atoms with Crippen molar-refractivity contribution in [3.8, 4) is 5.75 Å². The Balaban J connectivity index is 1.71. The smallest absolute Gasteiger partial charge is 0.229 e. The largest absolute Gasteiger partial charge is 0.493 e. The lowest BCUT2D eigenvalue weighted by atomic mass is 10.0. The Morgan fingerprint density at radius 2 is 2.28 bits per heavy atom. The normalized spacial score (nSPS) is 25.6. The summed E-state index contributed by atoms with van der Waals surface area (Å²) in [5.74, 6) is 0.957. The molecule has 4 heteroatoms. The molecule has 1 aliphatic carbocycles. The second-order valence-electron chi connectivity index (χ2n) is 5.11. The van der Waals surface area contributed by atoms with E-state index in [9.17, 15) is 4.79 Å². The van der Waals surface area contributed by atoms with Crippen molar-refractivity contribution < 1.29 is 9.53 Å². The van der Waals surface area contributed by atoms with Gasteiger partial charge in [0.05, 0.1) is 12.5 Å². The maximum absolute atomic E-state index is 12.1. The number of hydrogen-bond donors (Lipinski definition) is 2. The van der Waals surface area contributed by atoms with E-state index >= 15 is 0 Å². The molecule has 0 bridgehead atoms. The zero-order valence-electron chi connectivity index (χ0n) is 10.3. The predicted octanol–water partition coefficient (Wildman–Crippen LogP) is 1.69. The van der Waals surface area contributed by atoms with Gasteiger partial charge in [-0.05, 0) is 36.6 Å². The van der Waals surface area contributed by atoms with Gasteiger partial charge in [-0.3, -0.25) is 4.79 Å². The van der Waals surface area contributed by atoms with E-state index in [1.165, 1.54) is 5.56 Å². The number of carbonyl (C=O) groups is 1. The fraction of sp³-hybridized carbons (Fsp3) is 0.500. The zero-order chi connectivity index (χ0) is 12.5. The van der Waals surface area contributed by atoms with E-state index in [0.29, 0.717) is 0 Å². The average molecular weight is 246 g/mol. The van der Waals surface area contributed by atoms with Gasteiger partial charge in [0.15, 0.2) is 0 Å². The molecule has 1 aromatic carbocycles. The number of benzene rings is 1. The van der Waals surface area contributed by atoms with Gasteiger partial charge in [0.25, 0.3) is 0 Å². The van der Waals surface area contributed by atoms with Crippen molar-refractivity contribution in [2.24, 2.45) is 11.7 Å². The Labute approximate surface area is 107 Å². The zero-order valence-corrected chi connectivity index (χ0v) is 10.3. The summed E-state index contributed by atoms with van der Waals surface area (Å²) in [5, 5.41) is 2.97. The molecule has 1 saturated carbocycles. The molecule has 1 amide bonds. The maximum Gasteiger partial charge on any atom is 0.229 e. The molecule has 3 N–H and O–H groups in total. The third-order valence-electron chi connectivity index (χ3n) is 3.86. The molecule has 96 valence electrons. The van der Waals surface area contributed by atoms with E-state index in [2.05, 4.69) is 5.32 Å². The summed E-state index contributed by atoms with van der Waals surface area (Å²) < 4.78 is 5.44. The highest BCUT2D eigenvalue weighted by molar-refractivity contribution is 5.93. The summed E-state index contributed by atoms with van der Waals surface area (Å²) in [6, 6.07) is 5.83. The van der Waals surface area contributed by atoms with Gasteiger partial charge in [0.2, 0.25) is 5.91 Å². The van der Waals surface area contributed by atoms with E-state index in [0.717, 1.165) is 43.7 Å². The second kappa shape index (κ2) is 4.61. The SMILES string of the molecule is NC1CCCC1C(=O)Nc1ccc2c(c1)CCO2. The molecule has 0 aromatic heterocycles. The molecule has 1 heterocycles. The van der Waals surface area contributed by atoms with Crippen molar-refractivity contribution in [1.29, 1.82) is 0 Å². The first-order chi connectivity index (χ1) is 8.74. The number of nitrogens with one attached hydrogen (secondary N) is 1. The quantitative estimate of drug-likeness (QED) is 0.834. The molecule has 18 heavy (non-hydrogen) atoms. The number of anilines is 1. The Kier molecular flexibility index (Phi) is 2.96. The Morgan fingerprint density at radius 3 is 3.06 bits per heavy atom. The minimum Gasteiger partial charge on any atom is -0.493 e. The van der Waals surface area contributed by atoms with Crippen molar-refractivity contribution in [2.45, 2.75) is 31.7 Å². The minimum absolute atomic E-state index is 0.0164. The third kappa shape index (κ3) is 2.08. The molecule has 3 rings (SSSR count). The summed E-state index contributed by atoms with van der Waals surface area (Å²) in [4.78, 5) is 12.1. The monoisotopic (exact) mass is 246 g/mol. The highest BCUT2D eigenvalue weighted by Crippen LogP contribution is 2.29. The lowest BCUT2D eigenvalue weighted by Crippen LogP contribution is -2.34. The average Bonchev–Trinajstić information content (AvgIpc) is 2.96. The fourth-order valence-corrected chi connectivity index (χ4v) is 2.81. The Morgan fingerprint density at radius 1 is 1.39 bits per heavy atom. The lowest BCUT2D eigenvalue weighted by molar-refractivity contribution is -0.120. The molecule has 2 atom stereocenters. The Hall–Kier alpha value is -1.55. The van der Waals surface area contributed by atoms with Gasteiger partial charge in [-0.25, -0.2) is 0 Å². The molecule has 0 spiro atoms. The topological polar surface area (TPSA) is 64.4 Å². The van der Waals surface area contributed by atoms with E-state index in [1.54, 1.807) is 0 Å². The van der Waals surface area contributed by atoms with Crippen LogP contribution in [0.3, 0.4) is 0 Å². The van der Waals surface area contributed by atoms with E-state index in [-0.39, 0.29) is 17.9 Å². The van der Waals surface area contributed by atoms with Crippen LogP contribution >= 0.6 is 0 Å². The molecular formula is C14H18N2O2. The summed E-state index contributed by atoms with van der Waals surface area (Å²) in [5.41, 5.74) is 7.96. The van der Waals surface area contributed by atoms with Crippen LogP contribution in [0.2, 0.25) is 0 Å². The van der Waals surface area contributed by atoms with Gasteiger partial charge in [-0.2, -0.15) is 0 Å². The van der Waals surface area contributed by atoms with E-state index in [1.807, 2.05) is 18.2 Å². The van der Waals surface area contributed by atoms with Crippen LogP contribution in [0.1, 0.15) is 24.8 Å². The van der Waals surface area contributed by atoms with Crippen LogP contribution in [0.25, 0.3) is 0 Å². The number of nitrogens with two attached hydrogens (primary N) is 1. The highest BCUT2D eigenvalue weighted by Gasteiger charge is 2.30. The van der Waals surface area contributed by atoms with Gasteiger partial charge in [-0.15, -0.1) is 0 Å². The van der Waals surface area contributed by atoms with Crippen LogP contribution in [-0.2, 0) is 11.2 Å². The summed E-state index contributed by atoms with van der Waals surface area (Å²) in [6.07, 6.45) is 3.83. The van der Waals surface area contributed by atoms with Crippen LogP contribution in [-0.4, -0.2) is 18.6 Å². The molecule has 2 unspecified atom stereocenters. The number of hydrogen-bond acceptors (Lipinski definition) is 3. The van der Waals surface area contributed by atoms with Gasteiger partial charge in [-0.1, -0.05) is 6.42 Å². The van der Waals surface area contributed by atoms with Gasteiger partial charge in [0, 0.05) is 18.2 Å². The molecule has 1 aliphatic heterocycles. The number of fused-ring (bicyclic) bond motifs is 1. The van der Waals surface area contributed by atoms with E-state index < -0.39 is 0 Å². The van der Waals surface area contributed by atoms with Crippen molar-refractivity contribution in [3.05, 3.63) is 23.8 Å². The summed E-state index contributed by atoms with van der Waals surface area (Å²) in [7, 11) is 0. The molecule has 0 radical (unpaired) electrons. The van der Waals surface area contributed by atoms with Crippen LogP contribution in [0.4, 0.5) is 5.69 Å². The Bertz CT molecular complexity index is 473. The summed E-state index contributed by atoms with van der Waals surface area (Å²) in [6.45, 7) is 0.736. The fourth-order valence-electron chi connectivity index (χ4n) is 2.81. The van der Waals surface area contributed by atoms with Crippen LogP contribution < -0.4 is 15.8 Å². The van der Waals surface area contributed by atoms with Crippen molar-refractivity contribution >= 4 is 11.6 Å². The first-order valence-corrected chi connectivity index (χ1v) is 6.56. The minimum atomic E-state index is -0.0329. The molecule has 1 aromatic rings. The number of rotatable bonds is 2. The third-order valence-corrected chi connectivity index (χ3v) is 3.86. The predicted molar refractivity (Wildman–Crippen MR) is 69.6 cm³/mol. The second-order valence-corrected chi connectivity index (χ2v) is 5.11. The first kappa shape index (κ1) is 11.5. The number of carbonyl (C=O) groups excluding carboxylic acids is 1. The highest BCUT2D eigenvalue weighted by atomic mass is 16.5. The maximum atomic E-state index is 12.1. The van der Waals surface area contributed by atoms with Crippen LogP contribution in [0, 0.1) is 5.92 Å². The number of ether oxygens (including phenoxy) is 1. The molecule has 2 aliphatic rings. The lowest BCUT2D eigenvalue weighted by Gasteiger charge is -2.15. The first-order valence-electron chi connectivity index (χ1n) is 6.56. The van der Waals surface area contributed by atoms with Gasteiger partial charge in [0.1, 0.15) is 5.75 Å². The molecular weight excluding hydrogens is 228 g/mol. The van der Waals surface area contributed by atoms with Crippen molar-refractivity contribution in [1.82, 2.24) is 0 Å². The van der Waals surface area contributed by atoms with Crippen molar-refractivity contribution in [2.75, 3.05) is 11.9 Å². The summed E-state index contributed by atoms with van der Waals surface area (Å²) >= 11 is 0. The van der Waals surface area contributed by atoms with E-state index in [4.69, 9.17) is 10.5 Å².